The number of benzene rings is 2. The third-order valence-corrected chi connectivity index (χ3v) is 4.42. The van der Waals surface area contributed by atoms with Gasteiger partial charge in [-0.25, -0.2) is 0 Å². The molecular weight excluding hydrogens is 335 g/mol. The minimum Gasteiger partial charge on any atom is -0.321 e. The van der Waals surface area contributed by atoms with Crippen LogP contribution in [0, 0.1) is 0 Å². The lowest BCUT2D eigenvalue weighted by Crippen LogP contribution is -2.12. The van der Waals surface area contributed by atoms with E-state index >= 15 is 0 Å². The van der Waals surface area contributed by atoms with E-state index in [9.17, 15) is 18.0 Å². The van der Waals surface area contributed by atoms with Crippen molar-refractivity contribution < 1.29 is 18.0 Å². The molecule has 0 spiro atoms. The fraction of sp³-hybridized carbons (Fsp3) is 0.0556. The van der Waals surface area contributed by atoms with Crippen molar-refractivity contribution in [1.29, 1.82) is 0 Å². The molecule has 3 aromatic rings. The molecule has 0 aliphatic heterocycles. The molecule has 0 aliphatic carbocycles. The van der Waals surface area contributed by atoms with Crippen LogP contribution in [-0.2, 0) is 6.18 Å². The van der Waals surface area contributed by atoms with E-state index in [2.05, 4.69) is 5.32 Å². The molecule has 1 heterocycles. The van der Waals surface area contributed by atoms with Gasteiger partial charge in [0.2, 0.25) is 0 Å². The highest BCUT2D eigenvalue weighted by atomic mass is 32.1. The number of thiophene rings is 1. The lowest BCUT2D eigenvalue weighted by Gasteiger charge is -2.11. The van der Waals surface area contributed by atoms with Gasteiger partial charge in [-0.1, -0.05) is 48.5 Å². The van der Waals surface area contributed by atoms with E-state index in [1.165, 1.54) is 5.38 Å². The molecule has 0 saturated heterocycles. The van der Waals surface area contributed by atoms with Gasteiger partial charge in [-0.05, 0) is 17.7 Å². The summed E-state index contributed by atoms with van der Waals surface area (Å²) >= 11 is 0.575. The van der Waals surface area contributed by atoms with E-state index in [0.717, 1.165) is 0 Å². The van der Waals surface area contributed by atoms with Crippen molar-refractivity contribution >= 4 is 22.9 Å². The van der Waals surface area contributed by atoms with Crippen molar-refractivity contribution in [2.24, 2.45) is 0 Å². The minimum absolute atomic E-state index is 0.00242. The summed E-state index contributed by atoms with van der Waals surface area (Å²) in [6.45, 7) is 0. The summed E-state index contributed by atoms with van der Waals surface area (Å²) in [5.41, 5.74) is 0.954. The van der Waals surface area contributed by atoms with Crippen molar-refractivity contribution in [3.8, 4) is 11.1 Å². The molecule has 2 nitrogen and oxygen atoms in total. The van der Waals surface area contributed by atoms with Crippen LogP contribution in [-0.4, -0.2) is 5.91 Å². The summed E-state index contributed by atoms with van der Waals surface area (Å²) < 4.78 is 39.9. The van der Waals surface area contributed by atoms with E-state index in [0.29, 0.717) is 22.5 Å². The maximum atomic E-state index is 13.3. The molecule has 0 radical (unpaired) electrons. The molecule has 6 heteroatoms. The van der Waals surface area contributed by atoms with E-state index in [-0.39, 0.29) is 11.3 Å². The number of alkyl halides is 3. The Labute approximate surface area is 140 Å². The third kappa shape index (κ3) is 3.33. The van der Waals surface area contributed by atoms with Crippen LogP contribution >= 0.6 is 11.3 Å². The summed E-state index contributed by atoms with van der Waals surface area (Å²) in [4.78, 5) is 11.5. The van der Waals surface area contributed by atoms with Gasteiger partial charge in [0, 0.05) is 16.5 Å². The van der Waals surface area contributed by atoms with Crippen molar-refractivity contribution in [3.05, 3.63) is 76.5 Å². The molecule has 2 aromatic carbocycles. The summed E-state index contributed by atoms with van der Waals surface area (Å²) in [5, 5.41) is 3.91. The lowest BCUT2D eigenvalue weighted by molar-refractivity contribution is -0.133. The number of hydrogen-bond donors (Lipinski definition) is 1. The third-order valence-electron chi connectivity index (χ3n) is 3.40. The second-order valence-corrected chi connectivity index (χ2v) is 5.92. The number of rotatable bonds is 3. The van der Waals surface area contributed by atoms with Gasteiger partial charge in [0.05, 0.1) is 5.69 Å². The monoisotopic (exact) mass is 347 g/mol. The van der Waals surface area contributed by atoms with Crippen molar-refractivity contribution in [2.75, 3.05) is 5.32 Å². The zero-order valence-corrected chi connectivity index (χ0v) is 13.1. The smallest absolute Gasteiger partial charge is 0.321 e. The SMILES string of the molecule is O=C(Nc1csc(C(F)(F)F)c1-c1ccccc1)c1ccccc1. The number of amides is 1. The number of nitrogens with one attached hydrogen (secondary N) is 1. The van der Waals surface area contributed by atoms with Crippen LogP contribution in [0.1, 0.15) is 15.2 Å². The maximum absolute atomic E-state index is 13.3. The average molecular weight is 347 g/mol. The number of hydrogen-bond acceptors (Lipinski definition) is 2. The van der Waals surface area contributed by atoms with E-state index in [1.54, 1.807) is 60.7 Å². The normalized spacial score (nSPS) is 11.3. The highest BCUT2D eigenvalue weighted by Gasteiger charge is 2.37. The molecular formula is C18H12F3NOS. The van der Waals surface area contributed by atoms with Crippen molar-refractivity contribution in [1.82, 2.24) is 0 Å². The number of halogens is 3. The molecule has 0 unspecified atom stereocenters. The van der Waals surface area contributed by atoms with Crippen LogP contribution in [0.3, 0.4) is 0 Å². The Bertz CT molecular complexity index is 842. The highest BCUT2D eigenvalue weighted by molar-refractivity contribution is 7.11. The lowest BCUT2D eigenvalue weighted by atomic mass is 10.0. The molecule has 122 valence electrons. The number of carbonyl (C=O) groups is 1. The fourth-order valence-corrected chi connectivity index (χ4v) is 3.23. The number of carbonyl (C=O) groups excluding carboxylic acids is 1. The van der Waals surface area contributed by atoms with Crippen molar-refractivity contribution in [3.63, 3.8) is 0 Å². The molecule has 0 aliphatic rings. The van der Waals surface area contributed by atoms with Gasteiger partial charge in [0.25, 0.3) is 5.91 Å². The first kappa shape index (κ1) is 16.3. The molecule has 24 heavy (non-hydrogen) atoms. The Hall–Kier alpha value is -2.60. The van der Waals surface area contributed by atoms with Gasteiger partial charge in [-0.15, -0.1) is 11.3 Å². The van der Waals surface area contributed by atoms with Gasteiger partial charge >= 0.3 is 6.18 Å². The first-order chi connectivity index (χ1) is 11.5. The summed E-state index contributed by atoms with van der Waals surface area (Å²) in [6, 6.07) is 16.6. The zero-order chi connectivity index (χ0) is 17.2. The van der Waals surface area contributed by atoms with Crippen LogP contribution in [0.2, 0.25) is 0 Å². The van der Waals surface area contributed by atoms with Crippen molar-refractivity contribution in [2.45, 2.75) is 6.18 Å². The van der Waals surface area contributed by atoms with Gasteiger partial charge in [0.15, 0.2) is 0 Å². The Kier molecular flexibility index (Phi) is 4.40. The van der Waals surface area contributed by atoms with Gasteiger partial charge in [-0.3, -0.25) is 4.79 Å². The second-order valence-electron chi connectivity index (χ2n) is 5.04. The first-order valence-electron chi connectivity index (χ1n) is 7.07. The molecule has 1 amide bonds. The molecule has 0 fully saturated rings. The van der Waals surface area contributed by atoms with Crippen LogP contribution in [0.15, 0.2) is 66.0 Å². The first-order valence-corrected chi connectivity index (χ1v) is 7.95. The Morgan fingerprint density at radius 3 is 2.08 bits per heavy atom. The Balaban J connectivity index is 2.03. The Morgan fingerprint density at radius 2 is 1.50 bits per heavy atom. The zero-order valence-electron chi connectivity index (χ0n) is 12.3. The summed E-state index contributed by atoms with van der Waals surface area (Å²) in [5.74, 6) is -0.445. The van der Waals surface area contributed by atoms with Gasteiger partial charge < -0.3 is 5.32 Å². The number of anilines is 1. The van der Waals surface area contributed by atoms with E-state index < -0.39 is 17.0 Å². The van der Waals surface area contributed by atoms with Gasteiger partial charge in [0.1, 0.15) is 4.88 Å². The fourth-order valence-electron chi connectivity index (χ4n) is 2.33. The molecule has 0 atom stereocenters. The highest BCUT2D eigenvalue weighted by Crippen LogP contribution is 2.45. The molecule has 0 bridgehead atoms. The Morgan fingerprint density at radius 1 is 0.917 bits per heavy atom. The van der Waals surface area contributed by atoms with Crippen LogP contribution in [0.4, 0.5) is 18.9 Å². The molecule has 1 N–H and O–H groups in total. The van der Waals surface area contributed by atoms with E-state index in [4.69, 9.17) is 0 Å². The minimum atomic E-state index is -4.48. The van der Waals surface area contributed by atoms with E-state index in [1.807, 2.05) is 0 Å². The summed E-state index contributed by atoms with van der Waals surface area (Å²) in [7, 11) is 0. The maximum Gasteiger partial charge on any atom is 0.426 e. The molecule has 3 rings (SSSR count). The quantitative estimate of drug-likeness (QED) is 0.648. The topological polar surface area (TPSA) is 29.1 Å². The summed E-state index contributed by atoms with van der Waals surface area (Å²) in [6.07, 6.45) is -4.48. The predicted molar refractivity (Wildman–Crippen MR) is 89.2 cm³/mol. The van der Waals surface area contributed by atoms with Crippen LogP contribution in [0.25, 0.3) is 11.1 Å². The largest absolute Gasteiger partial charge is 0.426 e. The average Bonchev–Trinajstić information content (AvgIpc) is 3.00. The second kappa shape index (κ2) is 6.49. The standard InChI is InChI=1S/C18H12F3NOS/c19-18(20,21)16-15(12-7-3-1-4-8-12)14(11-24-16)22-17(23)13-9-5-2-6-10-13/h1-11H,(H,22,23). The van der Waals surface area contributed by atoms with Crippen LogP contribution in [0.5, 0.6) is 0 Å². The molecule has 0 saturated carbocycles. The van der Waals surface area contributed by atoms with Crippen LogP contribution < -0.4 is 5.32 Å². The van der Waals surface area contributed by atoms with Gasteiger partial charge in [-0.2, -0.15) is 13.2 Å². The predicted octanol–water partition coefficient (Wildman–Crippen LogP) is 5.69. The molecule has 1 aromatic heterocycles.